The van der Waals surface area contributed by atoms with Gasteiger partial charge in [0.25, 0.3) is 0 Å². The largest absolute Gasteiger partial charge is 0.352 e. The number of hydrogen-bond donors (Lipinski definition) is 3. The maximum absolute atomic E-state index is 10.6. The minimum absolute atomic E-state index is 0.319. The Morgan fingerprint density at radius 2 is 1.42 bits per heavy atom. The smallest absolute Gasteiger partial charge is 0.312 e. The standard InChI is InChI=1S/C15H33N3O/c1-14(2,7-5-11-16)9-10-15(3,4)8-6-12-18-13(17)19/h5-12,16H2,1-4H3,(H3,17,18,19). The zero-order valence-corrected chi connectivity index (χ0v) is 13.2. The topological polar surface area (TPSA) is 81.1 Å². The first-order valence-corrected chi connectivity index (χ1v) is 7.42. The number of carbonyl (C=O) groups excluding carboxylic acids is 1. The number of hydrogen-bond acceptors (Lipinski definition) is 2. The van der Waals surface area contributed by atoms with Crippen LogP contribution in [0.2, 0.25) is 0 Å². The number of amides is 2. The number of urea groups is 1. The maximum atomic E-state index is 10.6. The molecule has 0 aromatic heterocycles. The molecule has 0 aromatic carbocycles. The Morgan fingerprint density at radius 3 is 1.84 bits per heavy atom. The average Bonchev–Trinajstić information content (AvgIpc) is 2.30. The molecular weight excluding hydrogens is 238 g/mol. The van der Waals surface area contributed by atoms with Crippen LogP contribution in [0.3, 0.4) is 0 Å². The summed E-state index contributed by atoms with van der Waals surface area (Å²) in [5.41, 5.74) is 11.3. The van der Waals surface area contributed by atoms with Gasteiger partial charge in [0, 0.05) is 6.54 Å². The fraction of sp³-hybridized carbons (Fsp3) is 0.933. The van der Waals surface area contributed by atoms with Gasteiger partial charge < -0.3 is 16.8 Å². The van der Waals surface area contributed by atoms with Crippen LogP contribution < -0.4 is 16.8 Å². The van der Waals surface area contributed by atoms with Gasteiger partial charge in [0.05, 0.1) is 0 Å². The zero-order chi connectivity index (χ0) is 14.9. The number of rotatable bonds is 10. The maximum Gasteiger partial charge on any atom is 0.312 e. The van der Waals surface area contributed by atoms with Gasteiger partial charge in [-0.05, 0) is 55.9 Å². The lowest BCUT2D eigenvalue weighted by Crippen LogP contribution is -2.30. The summed E-state index contributed by atoms with van der Waals surface area (Å²) in [5, 5.41) is 2.64. The van der Waals surface area contributed by atoms with Crippen molar-refractivity contribution in [2.45, 2.75) is 66.2 Å². The molecule has 19 heavy (non-hydrogen) atoms. The average molecular weight is 271 g/mol. The summed E-state index contributed by atoms with van der Waals surface area (Å²) in [7, 11) is 0. The first-order chi connectivity index (χ1) is 8.68. The van der Waals surface area contributed by atoms with Crippen molar-refractivity contribution in [1.29, 1.82) is 0 Å². The van der Waals surface area contributed by atoms with Gasteiger partial charge in [0.1, 0.15) is 0 Å². The SMILES string of the molecule is CC(C)(CCCN)CCC(C)(C)CCCNC(N)=O. The van der Waals surface area contributed by atoms with Crippen LogP contribution >= 0.6 is 0 Å². The molecular formula is C15H33N3O. The van der Waals surface area contributed by atoms with E-state index in [1.165, 1.54) is 19.3 Å². The van der Waals surface area contributed by atoms with E-state index in [0.717, 1.165) is 25.8 Å². The van der Waals surface area contributed by atoms with Crippen LogP contribution in [0, 0.1) is 10.8 Å². The van der Waals surface area contributed by atoms with E-state index in [1.54, 1.807) is 0 Å². The normalized spacial score (nSPS) is 12.5. The van der Waals surface area contributed by atoms with E-state index in [1.807, 2.05) is 0 Å². The van der Waals surface area contributed by atoms with Crippen LogP contribution in [0.5, 0.6) is 0 Å². The van der Waals surface area contributed by atoms with Crippen LogP contribution in [0.1, 0.15) is 66.2 Å². The molecule has 5 N–H and O–H groups in total. The van der Waals surface area contributed by atoms with Gasteiger partial charge >= 0.3 is 6.03 Å². The quantitative estimate of drug-likeness (QED) is 0.534. The summed E-state index contributed by atoms with van der Waals surface area (Å²) in [4.78, 5) is 10.6. The molecule has 114 valence electrons. The van der Waals surface area contributed by atoms with Crippen molar-refractivity contribution >= 4 is 6.03 Å². The van der Waals surface area contributed by atoms with Crippen molar-refractivity contribution in [3.05, 3.63) is 0 Å². The monoisotopic (exact) mass is 271 g/mol. The second kappa shape index (κ2) is 8.41. The van der Waals surface area contributed by atoms with E-state index in [2.05, 4.69) is 33.0 Å². The molecule has 0 unspecified atom stereocenters. The number of primary amides is 1. The molecule has 0 aliphatic carbocycles. The van der Waals surface area contributed by atoms with E-state index in [4.69, 9.17) is 11.5 Å². The third-order valence-corrected chi connectivity index (χ3v) is 3.87. The lowest BCUT2D eigenvalue weighted by atomic mass is 9.75. The van der Waals surface area contributed by atoms with E-state index >= 15 is 0 Å². The van der Waals surface area contributed by atoms with E-state index in [-0.39, 0.29) is 0 Å². The van der Waals surface area contributed by atoms with Crippen molar-refractivity contribution in [2.24, 2.45) is 22.3 Å². The van der Waals surface area contributed by atoms with Crippen LogP contribution in [-0.2, 0) is 0 Å². The highest BCUT2D eigenvalue weighted by molar-refractivity contribution is 5.71. The van der Waals surface area contributed by atoms with Gasteiger partial charge in [-0.15, -0.1) is 0 Å². The van der Waals surface area contributed by atoms with Gasteiger partial charge in [-0.25, -0.2) is 4.79 Å². The zero-order valence-electron chi connectivity index (χ0n) is 13.2. The Kier molecular flexibility index (Phi) is 8.07. The summed E-state index contributed by atoms with van der Waals surface area (Å²) in [6.45, 7) is 10.7. The molecule has 0 fully saturated rings. The van der Waals surface area contributed by atoms with Crippen LogP contribution in [-0.4, -0.2) is 19.1 Å². The Hall–Kier alpha value is -0.770. The minimum atomic E-state index is -0.430. The highest BCUT2D eigenvalue weighted by Crippen LogP contribution is 2.36. The Balaban J connectivity index is 3.91. The van der Waals surface area contributed by atoms with Crippen molar-refractivity contribution in [2.75, 3.05) is 13.1 Å². The molecule has 0 bridgehead atoms. The molecule has 0 spiro atoms. The fourth-order valence-corrected chi connectivity index (χ4v) is 2.29. The molecule has 0 saturated heterocycles. The van der Waals surface area contributed by atoms with Crippen LogP contribution in [0.4, 0.5) is 4.79 Å². The first kappa shape index (κ1) is 18.2. The molecule has 0 aliphatic heterocycles. The van der Waals surface area contributed by atoms with Crippen LogP contribution in [0.25, 0.3) is 0 Å². The van der Waals surface area contributed by atoms with E-state index < -0.39 is 6.03 Å². The molecule has 2 amide bonds. The minimum Gasteiger partial charge on any atom is -0.352 e. The molecule has 0 rings (SSSR count). The highest BCUT2D eigenvalue weighted by atomic mass is 16.2. The Morgan fingerprint density at radius 1 is 0.947 bits per heavy atom. The molecule has 0 radical (unpaired) electrons. The summed E-state index contributed by atoms with van der Waals surface area (Å²) >= 11 is 0. The predicted octanol–water partition coefficient (Wildman–Crippen LogP) is 3.01. The predicted molar refractivity (Wildman–Crippen MR) is 81.9 cm³/mol. The third kappa shape index (κ3) is 10.8. The third-order valence-electron chi connectivity index (χ3n) is 3.87. The fourth-order valence-electron chi connectivity index (χ4n) is 2.29. The Labute approximate surface area is 118 Å². The van der Waals surface area contributed by atoms with Gasteiger partial charge in [0.2, 0.25) is 0 Å². The summed E-state index contributed by atoms with van der Waals surface area (Å²) in [6, 6.07) is -0.430. The summed E-state index contributed by atoms with van der Waals surface area (Å²) < 4.78 is 0. The van der Waals surface area contributed by atoms with Crippen molar-refractivity contribution in [3.8, 4) is 0 Å². The molecule has 4 heteroatoms. The molecule has 0 aromatic rings. The molecule has 0 saturated carbocycles. The molecule has 4 nitrogen and oxygen atoms in total. The summed E-state index contributed by atoms with van der Waals surface area (Å²) in [5.74, 6) is 0. The van der Waals surface area contributed by atoms with Gasteiger partial charge in [-0.2, -0.15) is 0 Å². The van der Waals surface area contributed by atoms with Gasteiger partial charge in [0.15, 0.2) is 0 Å². The molecule has 0 atom stereocenters. The number of carbonyl (C=O) groups is 1. The lowest BCUT2D eigenvalue weighted by molar-refractivity contribution is 0.211. The second-order valence-electron chi connectivity index (χ2n) is 7.12. The molecule has 0 aliphatic rings. The first-order valence-electron chi connectivity index (χ1n) is 7.42. The highest BCUT2D eigenvalue weighted by Gasteiger charge is 2.23. The van der Waals surface area contributed by atoms with E-state index in [0.29, 0.717) is 17.4 Å². The number of nitrogens with two attached hydrogens (primary N) is 2. The van der Waals surface area contributed by atoms with Crippen molar-refractivity contribution in [3.63, 3.8) is 0 Å². The Bertz CT molecular complexity index is 262. The van der Waals surface area contributed by atoms with E-state index in [9.17, 15) is 4.79 Å². The van der Waals surface area contributed by atoms with Crippen molar-refractivity contribution < 1.29 is 4.79 Å². The van der Waals surface area contributed by atoms with Gasteiger partial charge in [-0.1, -0.05) is 27.7 Å². The van der Waals surface area contributed by atoms with Crippen molar-refractivity contribution in [1.82, 2.24) is 5.32 Å². The van der Waals surface area contributed by atoms with Crippen LogP contribution in [0.15, 0.2) is 0 Å². The lowest BCUT2D eigenvalue weighted by Gasteiger charge is -2.31. The molecule has 0 heterocycles. The van der Waals surface area contributed by atoms with Gasteiger partial charge in [-0.3, -0.25) is 0 Å². The summed E-state index contributed by atoms with van der Waals surface area (Å²) in [6.07, 6.45) is 6.84. The number of nitrogens with one attached hydrogen (secondary N) is 1. The second-order valence-corrected chi connectivity index (χ2v) is 7.12.